The van der Waals surface area contributed by atoms with Crippen LogP contribution in [0.1, 0.15) is 51.2 Å². The van der Waals surface area contributed by atoms with Crippen molar-refractivity contribution in [3.63, 3.8) is 0 Å². The molecule has 2 aliphatic carbocycles. The van der Waals surface area contributed by atoms with Crippen molar-refractivity contribution in [3.8, 4) is 11.5 Å². The number of hydrogen-bond donors (Lipinski definition) is 2. The topological polar surface area (TPSA) is 77.0 Å². The predicted octanol–water partition coefficient (Wildman–Crippen LogP) is 3.44. The Morgan fingerprint density at radius 2 is 2.14 bits per heavy atom. The summed E-state index contributed by atoms with van der Waals surface area (Å²) in [5, 5.41) is 14.1. The molecule has 0 radical (unpaired) electrons. The van der Waals surface area contributed by atoms with E-state index in [0.29, 0.717) is 31.3 Å². The average Bonchev–Trinajstić information content (AvgIpc) is 3.19. The number of phenols is 1. The minimum absolute atomic E-state index is 0.00463. The molecule has 2 N–H and O–H groups in total. The molecular weight excluding hydrogens is 370 g/mol. The number of fused-ring (bicyclic) bond motifs is 1. The molecule has 5 atom stereocenters. The molecule has 1 aromatic rings. The number of benzene rings is 1. The van der Waals surface area contributed by atoms with E-state index in [1.807, 2.05) is 12.1 Å². The fourth-order valence-electron chi connectivity index (χ4n) is 6.46. The number of ether oxygens (including phenoxy) is 3. The van der Waals surface area contributed by atoms with Crippen LogP contribution in [-0.2, 0) is 14.3 Å². The van der Waals surface area contributed by atoms with Crippen LogP contribution in [0.4, 0.5) is 0 Å². The van der Waals surface area contributed by atoms with Gasteiger partial charge in [0.25, 0.3) is 0 Å². The first-order valence-corrected chi connectivity index (χ1v) is 10.6. The van der Waals surface area contributed by atoms with Crippen molar-refractivity contribution in [1.82, 2.24) is 5.32 Å². The summed E-state index contributed by atoms with van der Waals surface area (Å²) in [5.41, 5.74) is 0.829. The van der Waals surface area contributed by atoms with Crippen LogP contribution < -0.4 is 10.1 Å². The normalized spacial score (nSPS) is 34.6. The number of carbonyl (C=O) groups is 1. The second-order valence-corrected chi connectivity index (χ2v) is 9.48. The van der Waals surface area contributed by atoms with Gasteiger partial charge in [-0.1, -0.05) is 26.0 Å². The largest absolute Gasteiger partial charge is 0.504 e. The first-order chi connectivity index (χ1) is 13.8. The highest BCUT2D eigenvalue weighted by Crippen LogP contribution is 2.70. The molecule has 6 heteroatoms. The van der Waals surface area contributed by atoms with Gasteiger partial charge in [-0.3, -0.25) is 4.79 Å². The lowest BCUT2D eigenvalue weighted by molar-refractivity contribution is -0.138. The van der Waals surface area contributed by atoms with E-state index in [0.717, 1.165) is 24.8 Å². The lowest BCUT2D eigenvalue weighted by atomic mass is 9.58. The number of carbonyl (C=O) groups excluding carboxylic acids is 1. The molecule has 4 rings (SSSR count). The first-order valence-electron chi connectivity index (χ1n) is 10.6. The number of hydrogen-bond acceptors (Lipinski definition) is 5. The molecule has 1 heterocycles. The summed E-state index contributed by atoms with van der Waals surface area (Å²) in [6.07, 6.45) is 3.29. The van der Waals surface area contributed by atoms with Crippen LogP contribution in [0.2, 0.25) is 0 Å². The van der Waals surface area contributed by atoms with E-state index in [1.54, 1.807) is 20.3 Å². The Morgan fingerprint density at radius 1 is 1.34 bits per heavy atom. The Morgan fingerprint density at radius 3 is 2.86 bits per heavy atom. The molecule has 160 valence electrons. The highest BCUT2D eigenvalue weighted by molar-refractivity contribution is 5.76. The average molecular weight is 404 g/mol. The SMILES string of the molecule is COCCC(=O)N[C@@H]1C(C)(C)[C@@H]2C[C@@H]3[C@@H](c4cccc(OC)c4O)OCCC31C2. The number of rotatable bonds is 6. The van der Waals surface area contributed by atoms with Crippen molar-refractivity contribution in [3.05, 3.63) is 23.8 Å². The molecule has 3 fully saturated rings. The zero-order chi connectivity index (χ0) is 20.8. The van der Waals surface area contributed by atoms with Crippen LogP contribution in [0.3, 0.4) is 0 Å². The molecule has 1 aliphatic heterocycles. The van der Waals surface area contributed by atoms with E-state index in [9.17, 15) is 9.90 Å². The number of aromatic hydroxyl groups is 1. The number of para-hydroxylation sites is 1. The Kier molecular flexibility index (Phi) is 5.28. The number of methoxy groups -OCH3 is 2. The summed E-state index contributed by atoms with van der Waals surface area (Å²) >= 11 is 0. The van der Waals surface area contributed by atoms with Gasteiger partial charge >= 0.3 is 0 Å². The van der Waals surface area contributed by atoms with Gasteiger partial charge in [-0.05, 0) is 48.0 Å². The van der Waals surface area contributed by atoms with E-state index >= 15 is 0 Å². The third-order valence-corrected chi connectivity index (χ3v) is 7.90. The zero-order valence-corrected chi connectivity index (χ0v) is 17.9. The Balaban J connectivity index is 1.66. The molecular formula is C23H33NO5. The molecule has 2 bridgehead atoms. The number of nitrogens with one attached hydrogen (secondary N) is 1. The van der Waals surface area contributed by atoms with Gasteiger partial charge in [-0.15, -0.1) is 0 Å². The van der Waals surface area contributed by atoms with Gasteiger partial charge in [-0.2, -0.15) is 0 Å². The van der Waals surface area contributed by atoms with Crippen LogP contribution in [0.25, 0.3) is 0 Å². The van der Waals surface area contributed by atoms with Crippen molar-refractivity contribution >= 4 is 5.91 Å². The maximum Gasteiger partial charge on any atom is 0.222 e. The zero-order valence-electron chi connectivity index (χ0n) is 17.9. The quantitative estimate of drug-likeness (QED) is 0.761. The van der Waals surface area contributed by atoms with Gasteiger partial charge in [0.05, 0.1) is 19.8 Å². The molecule has 29 heavy (non-hydrogen) atoms. The minimum Gasteiger partial charge on any atom is -0.504 e. The monoisotopic (exact) mass is 403 g/mol. The molecule has 6 nitrogen and oxygen atoms in total. The molecule has 3 aliphatic rings. The first kappa shape index (κ1) is 20.5. The number of phenolic OH excluding ortho intramolecular Hbond substituents is 1. The summed E-state index contributed by atoms with van der Waals surface area (Å²) < 4.78 is 16.6. The third kappa shape index (κ3) is 3.12. The standard InChI is InChI=1S/C23H33NO5/c1-22(2)14-12-16-20(15-6-5-7-17(28-4)19(15)26)29-11-9-23(16,13-14)21(22)24-18(25)8-10-27-3/h5-7,14,16,20-21,26H,8-13H2,1-4H3,(H,24,25)/t14-,16-,20-,21-,23?/m1/s1. The van der Waals surface area contributed by atoms with Gasteiger partial charge in [0.1, 0.15) is 0 Å². The predicted molar refractivity (Wildman–Crippen MR) is 109 cm³/mol. The maximum atomic E-state index is 12.6. The van der Waals surface area contributed by atoms with Crippen LogP contribution in [0.15, 0.2) is 18.2 Å². The van der Waals surface area contributed by atoms with Gasteiger partial charge in [0.2, 0.25) is 5.91 Å². The van der Waals surface area contributed by atoms with E-state index in [4.69, 9.17) is 14.2 Å². The molecule has 1 spiro atoms. The van der Waals surface area contributed by atoms with Gasteiger partial charge in [0, 0.05) is 31.7 Å². The lowest BCUT2D eigenvalue weighted by Gasteiger charge is -2.53. The van der Waals surface area contributed by atoms with Crippen LogP contribution in [0, 0.1) is 22.7 Å². The van der Waals surface area contributed by atoms with E-state index in [1.165, 1.54) is 0 Å². The summed E-state index contributed by atoms with van der Waals surface area (Å²) in [7, 11) is 3.18. The second-order valence-electron chi connectivity index (χ2n) is 9.48. The van der Waals surface area contributed by atoms with E-state index in [2.05, 4.69) is 19.2 Å². The molecule has 2 saturated carbocycles. The Labute approximate surface area is 172 Å². The van der Waals surface area contributed by atoms with Crippen molar-refractivity contribution in [2.24, 2.45) is 22.7 Å². The fourth-order valence-corrected chi connectivity index (χ4v) is 6.46. The summed E-state index contributed by atoms with van der Waals surface area (Å²) in [6.45, 7) is 5.64. The Hall–Kier alpha value is -1.79. The van der Waals surface area contributed by atoms with Crippen molar-refractivity contribution in [2.45, 2.75) is 51.7 Å². The smallest absolute Gasteiger partial charge is 0.222 e. The molecule has 1 saturated heterocycles. The van der Waals surface area contributed by atoms with Gasteiger partial charge in [-0.25, -0.2) is 0 Å². The maximum absolute atomic E-state index is 12.6. The minimum atomic E-state index is -0.182. The highest BCUT2D eigenvalue weighted by atomic mass is 16.5. The van der Waals surface area contributed by atoms with Crippen molar-refractivity contribution in [2.75, 3.05) is 27.4 Å². The molecule has 1 aromatic carbocycles. The van der Waals surface area contributed by atoms with Crippen molar-refractivity contribution < 1.29 is 24.1 Å². The van der Waals surface area contributed by atoms with Gasteiger partial charge in [0.15, 0.2) is 11.5 Å². The van der Waals surface area contributed by atoms with Crippen LogP contribution >= 0.6 is 0 Å². The molecule has 1 unspecified atom stereocenters. The summed E-state index contributed by atoms with van der Waals surface area (Å²) in [4.78, 5) is 12.6. The van der Waals surface area contributed by atoms with Crippen LogP contribution in [-0.4, -0.2) is 44.5 Å². The summed E-state index contributed by atoms with van der Waals surface area (Å²) in [6, 6.07) is 5.70. The highest BCUT2D eigenvalue weighted by Gasteiger charge is 2.68. The van der Waals surface area contributed by atoms with Gasteiger partial charge < -0.3 is 24.6 Å². The van der Waals surface area contributed by atoms with Crippen LogP contribution in [0.5, 0.6) is 11.5 Å². The van der Waals surface area contributed by atoms with Crippen molar-refractivity contribution in [1.29, 1.82) is 0 Å². The fraction of sp³-hybridized carbons (Fsp3) is 0.696. The molecule has 1 amide bonds. The Bertz CT molecular complexity index is 779. The number of amides is 1. The van der Waals surface area contributed by atoms with E-state index < -0.39 is 0 Å². The van der Waals surface area contributed by atoms with E-state index in [-0.39, 0.29) is 40.6 Å². The third-order valence-electron chi connectivity index (χ3n) is 7.90. The summed E-state index contributed by atoms with van der Waals surface area (Å²) in [5.74, 6) is 1.48. The second kappa shape index (κ2) is 7.47. The molecule has 0 aromatic heterocycles. The lowest BCUT2D eigenvalue weighted by Crippen LogP contribution is -2.59.